The number of hydrogen-bond donors (Lipinski definition) is 0. The minimum Gasteiger partial charge on any atom is -0.497 e. The number of rotatable bonds is 8. The Labute approximate surface area is 145 Å². The van der Waals surface area contributed by atoms with Gasteiger partial charge < -0.3 is 9.47 Å². The normalized spacial score (nSPS) is 11.3. The van der Waals surface area contributed by atoms with Crippen molar-refractivity contribution in [3.8, 4) is 11.5 Å². The van der Waals surface area contributed by atoms with Gasteiger partial charge >= 0.3 is 0 Å². The first-order chi connectivity index (χ1) is 11.9. The Kier molecular flexibility index (Phi) is 5.94. The average molecular weight is 366 g/mol. The fraction of sp³-hybridized carbons (Fsp3) is 0.250. The molecule has 0 radical (unpaired) electrons. The summed E-state index contributed by atoms with van der Waals surface area (Å²) in [5, 5.41) is 11.0. The Morgan fingerprint density at radius 2 is 1.68 bits per heavy atom. The maximum atomic E-state index is 12.5. The predicted molar refractivity (Wildman–Crippen MR) is 91.4 cm³/mol. The largest absolute Gasteiger partial charge is 0.497 e. The summed E-state index contributed by atoms with van der Waals surface area (Å²) in [6.45, 7) is 0.142. The monoisotopic (exact) mass is 366 g/mol. The number of benzene rings is 2. The van der Waals surface area contributed by atoms with Crippen LogP contribution in [0.1, 0.15) is 0 Å². The Morgan fingerprint density at radius 3 is 2.28 bits per heavy atom. The van der Waals surface area contributed by atoms with Gasteiger partial charge in [0.05, 0.1) is 12.0 Å². The lowest BCUT2D eigenvalue weighted by molar-refractivity contribution is -0.387. The van der Waals surface area contributed by atoms with Crippen LogP contribution in [0.25, 0.3) is 0 Å². The lowest BCUT2D eigenvalue weighted by Crippen LogP contribution is -2.31. The van der Waals surface area contributed by atoms with E-state index in [-0.39, 0.29) is 18.0 Å². The van der Waals surface area contributed by atoms with Gasteiger partial charge in [-0.1, -0.05) is 12.1 Å². The molecule has 2 aromatic rings. The van der Waals surface area contributed by atoms with Crippen LogP contribution in [0, 0.1) is 10.1 Å². The molecule has 0 aromatic heterocycles. The molecule has 0 N–H and O–H groups in total. The molecule has 0 fully saturated rings. The molecule has 134 valence electrons. The number of sulfonamides is 1. The fourth-order valence-electron chi connectivity index (χ4n) is 2.08. The Balaban J connectivity index is 2.04. The molecule has 0 aliphatic heterocycles. The number of nitrogens with zero attached hydrogens (tertiary/aromatic N) is 2. The molecular formula is C16H18N2O6S. The molecule has 0 spiro atoms. The number of para-hydroxylation sites is 1. The Bertz CT molecular complexity index is 836. The van der Waals surface area contributed by atoms with Crippen LogP contribution in [0.2, 0.25) is 0 Å². The van der Waals surface area contributed by atoms with E-state index < -0.39 is 20.6 Å². The standard InChI is InChI=1S/C16H18N2O6S/c1-17(11-12-24-14-9-7-13(23-2)8-10-14)25(21,22)16-6-4-3-5-15(16)18(19)20/h3-10H,11-12H2,1-2H3. The molecule has 0 atom stereocenters. The summed E-state index contributed by atoms with van der Waals surface area (Å²) in [6.07, 6.45) is 0. The van der Waals surface area contributed by atoms with Gasteiger partial charge in [-0.3, -0.25) is 10.1 Å². The molecule has 0 amide bonds. The number of nitro benzene ring substituents is 1. The molecule has 8 nitrogen and oxygen atoms in total. The van der Waals surface area contributed by atoms with Gasteiger partial charge in [0, 0.05) is 19.7 Å². The molecule has 0 heterocycles. The second kappa shape index (κ2) is 7.95. The van der Waals surface area contributed by atoms with E-state index in [1.807, 2.05) is 0 Å². The topological polar surface area (TPSA) is 99.0 Å². The summed E-state index contributed by atoms with van der Waals surface area (Å²) in [7, 11) is -1.08. The summed E-state index contributed by atoms with van der Waals surface area (Å²) < 4.78 is 36.6. The molecule has 2 rings (SSSR count). The fourth-order valence-corrected chi connectivity index (χ4v) is 3.39. The van der Waals surface area contributed by atoms with Crippen LogP contribution >= 0.6 is 0 Å². The van der Waals surface area contributed by atoms with Crippen LogP contribution in [0.3, 0.4) is 0 Å². The highest BCUT2D eigenvalue weighted by Gasteiger charge is 2.28. The molecule has 0 saturated carbocycles. The van der Waals surface area contributed by atoms with Crippen molar-refractivity contribution in [3.05, 3.63) is 58.6 Å². The van der Waals surface area contributed by atoms with E-state index in [1.165, 1.54) is 25.2 Å². The third-order valence-corrected chi connectivity index (χ3v) is 5.39. The van der Waals surface area contributed by atoms with Crippen LogP contribution in [0.5, 0.6) is 11.5 Å². The highest BCUT2D eigenvalue weighted by Crippen LogP contribution is 2.25. The highest BCUT2D eigenvalue weighted by atomic mass is 32.2. The summed E-state index contributed by atoms with van der Waals surface area (Å²) in [5.41, 5.74) is -0.453. The van der Waals surface area contributed by atoms with Crippen molar-refractivity contribution in [1.82, 2.24) is 4.31 Å². The van der Waals surface area contributed by atoms with Crippen molar-refractivity contribution in [2.75, 3.05) is 27.3 Å². The molecule has 0 aliphatic rings. The second-order valence-electron chi connectivity index (χ2n) is 5.08. The highest BCUT2D eigenvalue weighted by molar-refractivity contribution is 7.89. The van der Waals surface area contributed by atoms with Gasteiger partial charge in [-0.2, -0.15) is 4.31 Å². The van der Waals surface area contributed by atoms with Gasteiger partial charge in [0.25, 0.3) is 5.69 Å². The zero-order chi connectivity index (χ0) is 18.4. The molecular weight excluding hydrogens is 348 g/mol. The molecule has 0 saturated heterocycles. The van der Waals surface area contributed by atoms with Gasteiger partial charge in [0.2, 0.25) is 10.0 Å². The lowest BCUT2D eigenvalue weighted by Gasteiger charge is -2.17. The van der Waals surface area contributed by atoms with Crippen molar-refractivity contribution in [1.29, 1.82) is 0 Å². The van der Waals surface area contributed by atoms with E-state index in [0.717, 1.165) is 10.4 Å². The first-order valence-corrected chi connectivity index (χ1v) is 8.77. The first kappa shape index (κ1) is 18.7. The van der Waals surface area contributed by atoms with E-state index in [4.69, 9.17) is 9.47 Å². The smallest absolute Gasteiger partial charge is 0.289 e. The second-order valence-corrected chi connectivity index (χ2v) is 7.09. The summed E-state index contributed by atoms with van der Waals surface area (Å²) >= 11 is 0. The predicted octanol–water partition coefficient (Wildman–Crippen LogP) is 2.30. The van der Waals surface area contributed by atoms with Gasteiger partial charge in [-0.15, -0.1) is 0 Å². The minimum atomic E-state index is -3.99. The molecule has 0 aliphatic carbocycles. The maximum absolute atomic E-state index is 12.5. The number of likely N-dealkylation sites (N-methyl/N-ethyl adjacent to an activating group) is 1. The van der Waals surface area contributed by atoms with E-state index in [9.17, 15) is 18.5 Å². The van der Waals surface area contributed by atoms with Crippen molar-refractivity contribution < 1.29 is 22.8 Å². The van der Waals surface area contributed by atoms with Crippen LogP contribution in [-0.2, 0) is 10.0 Å². The van der Waals surface area contributed by atoms with E-state index in [2.05, 4.69) is 0 Å². The van der Waals surface area contributed by atoms with E-state index in [0.29, 0.717) is 11.5 Å². The zero-order valence-electron chi connectivity index (χ0n) is 13.8. The van der Waals surface area contributed by atoms with Crippen molar-refractivity contribution in [3.63, 3.8) is 0 Å². The summed E-state index contributed by atoms with van der Waals surface area (Å²) in [5.74, 6) is 1.25. The SMILES string of the molecule is COc1ccc(OCCN(C)S(=O)(=O)c2ccccc2[N+](=O)[O-])cc1. The van der Waals surface area contributed by atoms with E-state index in [1.54, 1.807) is 31.4 Å². The quantitative estimate of drug-likeness (QED) is 0.525. The van der Waals surface area contributed by atoms with Crippen LogP contribution in [-0.4, -0.2) is 45.0 Å². The summed E-state index contributed by atoms with van der Waals surface area (Å²) in [4.78, 5) is 9.98. The zero-order valence-corrected chi connectivity index (χ0v) is 14.6. The van der Waals surface area contributed by atoms with Gasteiger partial charge in [0.15, 0.2) is 4.90 Å². The van der Waals surface area contributed by atoms with Crippen molar-refractivity contribution in [2.24, 2.45) is 0 Å². The Morgan fingerprint density at radius 1 is 1.08 bits per heavy atom. The van der Waals surface area contributed by atoms with Gasteiger partial charge in [-0.05, 0) is 30.3 Å². The summed E-state index contributed by atoms with van der Waals surface area (Å²) in [6, 6.07) is 12.1. The van der Waals surface area contributed by atoms with Crippen molar-refractivity contribution >= 4 is 15.7 Å². The average Bonchev–Trinajstić information content (AvgIpc) is 2.62. The van der Waals surface area contributed by atoms with E-state index >= 15 is 0 Å². The molecule has 0 unspecified atom stereocenters. The molecule has 25 heavy (non-hydrogen) atoms. The maximum Gasteiger partial charge on any atom is 0.289 e. The number of methoxy groups -OCH3 is 1. The number of nitro groups is 1. The molecule has 0 bridgehead atoms. The first-order valence-electron chi connectivity index (χ1n) is 7.33. The number of hydrogen-bond acceptors (Lipinski definition) is 6. The van der Waals surface area contributed by atoms with Crippen LogP contribution < -0.4 is 9.47 Å². The lowest BCUT2D eigenvalue weighted by atomic mass is 10.3. The van der Waals surface area contributed by atoms with Crippen LogP contribution in [0.15, 0.2) is 53.4 Å². The third kappa shape index (κ3) is 4.46. The minimum absolute atomic E-state index is 0.0421. The number of ether oxygens (including phenoxy) is 2. The third-order valence-electron chi connectivity index (χ3n) is 3.48. The van der Waals surface area contributed by atoms with Gasteiger partial charge in [-0.25, -0.2) is 8.42 Å². The molecule has 9 heteroatoms. The van der Waals surface area contributed by atoms with Crippen molar-refractivity contribution in [2.45, 2.75) is 4.90 Å². The molecule has 2 aromatic carbocycles. The van der Waals surface area contributed by atoms with Crippen LogP contribution in [0.4, 0.5) is 5.69 Å². The van der Waals surface area contributed by atoms with Gasteiger partial charge in [0.1, 0.15) is 18.1 Å². The Hall–Kier alpha value is -2.65.